The van der Waals surface area contributed by atoms with E-state index in [4.69, 9.17) is 14.2 Å². The van der Waals surface area contributed by atoms with Gasteiger partial charge in [0.15, 0.2) is 5.82 Å². The van der Waals surface area contributed by atoms with Crippen molar-refractivity contribution >= 4 is 5.91 Å². The molecule has 0 saturated heterocycles. The van der Waals surface area contributed by atoms with E-state index in [1.807, 2.05) is 43.3 Å². The summed E-state index contributed by atoms with van der Waals surface area (Å²) in [7, 11) is 0. The first-order chi connectivity index (χ1) is 17.9. The average molecular weight is 502 g/mol. The van der Waals surface area contributed by atoms with Gasteiger partial charge >= 0.3 is 5.76 Å². The summed E-state index contributed by atoms with van der Waals surface area (Å²) in [6.07, 6.45) is 3.55. The van der Waals surface area contributed by atoms with Crippen LogP contribution < -0.4 is 15.8 Å². The molecule has 0 spiro atoms. The van der Waals surface area contributed by atoms with Crippen LogP contribution in [-0.2, 0) is 17.6 Å². The van der Waals surface area contributed by atoms with Crippen LogP contribution in [0.2, 0.25) is 0 Å². The van der Waals surface area contributed by atoms with Gasteiger partial charge in [-0.15, -0.1) is 0 Å². The van der Waals surface area contributed by atoms with Crippen LogP contribution in [0.25, 0.3) is 22.5 Å². The van der Waals surface area contributed by atoms with Crippen LogP contribution in [0, 0.1) is 6.92 Å². The minimum Gasteiger partial charge on any atom is -0.475 e. The number of carbonyl (C=O) groups is 1. The third-order valence-electron chi connectivity index (χ3n) is 5.92. The van der Waals surface area contributed by atoms with E-state index in [9.17, 15) is 9.59 Å². The average Bonchev–Trinajstić information content (AvgIpc) is 3.33. The van der Waals surface area contributed by atoms with E-state index in [-0.39, 0.29) is 5.91 Å². The lowest BCUT2D eigenvalue weighted by atomic mass is 9.96. The molecule has 0 bridgehead atoms. The fraction of sp³-hybridized carbons (Fsp3) is 0.321. The maximum Gasteiger partial charge on any atom is 0.439 e. The number of aromatic amines is 1. The molecular formula is C28H31N5O4. The Bertz CT molecular complexity index is 1410. The Morgan fingerprint density at radius 1 is 1.08 bits per heavy atom. The van der Waals surface area contributed by atoms with Gasteiger partial charge in [0.05, 0.1) is 12.2 Å². The fourth-order valence-electron chi connectivity index (χ4n) is 4.14. The Hall–Kier alpha value is -4.27. The van der Waals surface area contributed by atoms with E-state index in [1.165, 1.54) is 6.92 Å². The molecule has 0 saturated carbocycles. The van der Waals surface area contributed by atoms with Crippen molar-refractivity contribution in [2.75, 3.05) is 13.2 Å². The SMILES string of the molecule is CCCCc1nc(C)nc(OCCNC(C)=O)c1Cc1ccc(-c2ccccc2-c2noc(=O)[nH]2)cc1. The highest BCUT2D eigenvalue weighted by molar-refractivity contribution is 5.80. The second kappa shape index (κ2) is 12.1. The first-order valence-electron chi connectivity index (χ1n) is 12.4. The summed E-state index contributed by atoms with van der Waals surface area (Å²) in [5.41, 5.74) is 5.76. The minimum atomic E-state index is -0.588. The summed E-state index contributed by atoms with van der Waals surface area (Å²) in [4.78, 5) is 34.6. The predicted molar refractivity (Wildman–Crippen MR) is 140 cm³/mol. The highest BCUT2D eigenvalue weighted by atomic mass is 16.5. The Morgan fingerprint density at radius 2 is 1.84 bits per heavy atom. The number of benzene rings is 2. The number of aryl methyl sites for hydroxylation is 2. The molecule has 9 heteroatoms. The first kappa shape index (κ1) is 25.8. The van der Waals surface area contributed by atoms with Gasteiger partial charge in [-0.2, -0.15) is 4.98 Å². The molecule has 2 aromatic heterocycles. The molecule has 0 aliphatic rings. The zero-order valence-electron chi connectivity index (χ0n) is 21.3. The number of hydrogen-bond acceptors (Lipinski definition) is 7. The second-order valence-corrected chi connectivity index (χ2v) is 8.80. The summed E-state index contributed by atoms with van der Waals surface area (Å²) in [6.45, 7) is 6.25. The standard InChI is InChI=1S/C28H31N5O4/c1-4-5-10-25-24(27(31-18(2)30-25)36-16-15-29-19(3)34)17-20-11-13-21(14-12-20)22-8-6-7-9-23(22)26-32-28(35)37-33-26/h6-9,11-14H,4-5,10,15-17H2,1-3H3,(H,29,34)(H,32,33,35). The summed E-state index contributed by atoms with van der Waals surface area (Å²) < 4.78 is 10.7. The van der Waals surface area contributed by atoms with Crippen LogP contribution in [0.15, 0.2) is 57.8 Å². The van der Waals surface area contributed by atoms with Crippen molar-refractivity contribution in [1.82, 2.24) is 25.4 Å². The number of amides is 1. The third-order valence-corrected chi connectivity index (χ3v) is 5.92. The van der Waals surface area contributed by atoms with E-state index >= 15 is 0 Å². The number of carbonyl (C=O) groups excluding carboxylic acids is 1. The summed E-state index contributed by atoms with van der Waals surface area (Å²) in [6, 6.07) is 15.9. The van der Waals surface area contributed by atoms with Crippen LogP contribution in [0.3, 0.4) is 0 Å². The van der Waals surface area contributed by atoms with Crippen molar-refractivity contribution in [3.05, 3.63) is 81.7 Å². The number of unbranched alkanes of at least 4 members (excludes halogenated alkanes) is 1. The lowest BCUT2D eigenvalue weighted by Crippen LogP contribution is -2.26. The van der Waals surface area contributed by atoms with E-state index < -0.39 is 5.76 Å². The molecule has 37 heavy (non-hydrogen) atoms. The molecule has 9 nitrogen and oxygen atoms in total. The van der Waals surface area contributed by atoms with Gasteiger partial charge in [-0.05, 0) is 36.5 Å². The second-order valence-electron chi connectivity index (χ2n) is 8.80. The van der Waals surface area contributed by atoms with Gasteiger partial charge in [0.1, 0.15) is 12.4 Å². The quantitative estimate of drug-likeness (QED) is 0.295. The summed E-state index contributed by atoms with van der Waals surface area (Å²) in [5.74, 6) is 0.941. The molecule has 0 fully saturated rings. The molecule has 0 radical (unpaired) electrons. The van der Waals surface area contributed by atoms with Gasteiger partial charge < -0.3 is 10.1 Å². The Labute approximate surface area is 215 Å². The van der Waals surface area contributed by atoms with Crippen molar-refractivity contribution in [1.29, 1.82) is 0 Å². The number of aromatic nitrogens is 4. The molecule has 1 amide bonds. The van der Waals surface area contributed by atoms with Gasteiger partial charge in [0.25, 0.3) is 0 Å². The lowest BCUT2D eigenvalue weighted by molar-refractivity contribution is -0.119. The maximum absolute atomic E-state index is 11.5. The Morgan fingerprint density at radius 3 is 2.51 bits per heavy atom. The molecule has 2 aromatic carbocycles. The van der Waals surface area contributed by atoms with Gasteiger partial charge in [-0.3, -0.25) is 14.3 Å². The lowest BCUT2D eigenvalue weighted by Gasteiger charge is -2.16. The molecule has 2 N–H and O–H groups in total. The highest BCUT2D eigenvalue weighted by Gasteiger charge is 2.16. The van der Waals surface area contributed by atoms with Crippen LogP contribution in [0.1, 0.15) is 49.3 Å². The number of hydrogen-bond donors (Lipinski definition) is 2. The molecule has 4 aromatic rings. The number of ether oxygens (including phenoxy) is 1. The molecule has 192 valence electrons. The topological polar surface area (TPSA) is 123 Å². The monoisotopic (exact) mass is 501 g/mol. The highest BCUT2D eigenvalue weighted by Crippen LogP contribution is 2.31. The molecule has 0 unspecified atom stereocenters. The number of rotatable bonds is 11. The molecule has 0 aliphatic heterocycles. The first-order valence-corrected chi connectivity index (χ1v) is 12.4. The molecule has 0 aliphatic carbocycles. The van der Waals surface area contributed by atoms with Gasteiger partial charge in [-0.1, -0.05) is 67.0 Å². The van der Waals surface area contributed by atoms with Crippen molar-refractivity contribution in [2.24, 2.45) is 0 Å². The van der Waals surface area contributed by atoms with Crippen molar-refractivity contribution in [2.45, 2.75) is 46.5 Å². The van der Waals surface area contributed by atoms with Gasteiger partial charge in [-0.25, -0.2) is 9.78 Å². The van der Waals surface area contributed by atoms with Crippen LogP contribution in [0.5, 0.6) is 5.88 Å². The van der Waals surface area contributed by atoms with E-state index in [2.05, 4.69) is 39.5 Å². The third kappa shape index (κ3) is 6.69. The van der Waals surface area contributed by atoms with E-state index in [1.54, 1.807) is 0 Å². The van der Waals surface area contributed by atoms with Gasteiger partial charge in [0, 0.05) is 24.5 Å². The summed E-state index contributed by atoms with van der Waals surface area (Å²) >= 11 is 0. The normalized spacial score (nSPS) is 10.9. The zero-order chi connectivity index (χ0) is 26.2. The zero-order valence-corrected chi connectivity index (χ0v) is 21.3. The van der Waals surface area contributed by atoms with Crippen molar-refractivity contribution < 1.29 is 14.1 Å². The Balaban J connectivity index is 1.61. The molecule has 2 heterocycles. The van der Waals surface area contributed by atoms with E-state index in [0.717, 1.165) is 52.8 Å². The number of nitrogens with one attached hydrogen (secondary N) is 2. The van der Waals surface area contributed by atoms with Crippen molar-refractivity contribution in [3.8, 4) is 28.4 Å². The van der Waals surface area contributed by atoms with Gasteiger partial charge in [0.2, 0.25) is 11.8 Å². The predicted octanol–water partition coefficient (Wildman–Crippen LogP) is 4.24. The van der Waals surface area contributed by atoms with Crippen LogP contribution in [0.4, 0.5) is 0 Å². The smallest absolute Gasteiger partial charge is 0.439 e. The Kier molecular flexibility index (Phi) is 8.45. The van der Waals surface area contributed by atoms with E-state index in [0.29, 0.717) is 37.1 Å². The molecule has 0 atom stereocenters. The summed E-state index contributed by atoms with van der Waals surface area (Å²) in [5, 5.41) is 6.59. The van der Waals surface area contributed by atoms with Crippen LogP contribution >= 0.6 is 0 Å². The minimum absolute atomic E-state index is 0.0945. The number of H-pyrrole nitrogens is 1. The number of nitrogens with zero attached hydrogens (tertiary/aromatic N) is 3. The van der Waals surface area contributed by atoms with Crippen LogP contribution in [-0.4, -0.2) is 39.2 Å². The fourth-order valence-corrected chi connectivity index (χ4v) is 4.14. The largest absolute Gasteiger partial charge is 0.475 e. The maximum atomic E-state index is 11.5. The molecule has 4 rings (SSSR count). The van der Waals surface area contributed by atoms with Crippen molar-refractivity contribution in [3.63, 3.8) is 0 Å². The molecular weight excluding hydrogens is 470 g/mol.